The minimum atomic E-state index is -0.517. The van der Waals surface area contributed by atoms with E-state index in [2.05, 4.69) is 10.1 Å². The molecule has 0 atom stereocenters. The number of amides is 1. The third kappa shape index (κ3) is 2.83. The minimum Gasteiger partial charge on any atom is -0.411 e. The van der Waals surface area contributed by atoms with Crippen LogP contribution in [0.15, 0.2) is 52.7 Å². The first-order chi connectivity index (χ1) is 9.61. The Bertz CT molecular complexity index is 684. The summed E-state index contributed by atoms with van der Waals surface area (Å²) in [6.07, 6.45) is 3.08. The quantitative estimate of drug-likeness (QED) is 0.329. The number of hydrogen-bond donors (Lipinski definition) is 3. The molecule has 7 heteroatoms. The number of aliphatic imine (C=N–C) groups is 1. The van der Waals surface area contributed by atoms with E-state index >= 15 is 0 Å². The smallest absolute Gasteiger partial charge is 0.280 e. The zero-order valence-electron chi connectivity index (χ0n) is 10.5. The maximum Gasteiger partial charge on any atom is 0.280 e. The highest BCUT2D eigenvalue weighted by Gasteiger charge is 2.07. The van der Waals surface area contributed by atoms with Crippen LogP contribution in [0.2, 0.25) is 0 Å². The second-order valence-electron chi connectivity index (χ2n) is 3.94. The molecule has 0 aliphatic heterocycles. The van der Waals surface area contributed by atoms with E-state index in [-0.39, 0.29) is 5.96 Å². The van der Waals surface area contributed by atoms with Crippen LogP contribution < -0.4 is 11.5 Å². The number of rotatable bonds is 3. The molecule has 2 aromatic rings. The molecule has 0 aliphatic rings. The van der Waals surface area contributed by atoms with Crippen LogP contribution in [0.4, 0.5) is 0 Å². The molecule has 0 bridgehead atoms. The number of carbonyl (C=O) groups excluding carboxylic acids is 1. The van der Waals surface area contributed by atoms with E-state index < -0.39 is 5.91 Å². The number of aromatic nitrogens is 1. The highest BCUT2D eigenvalue weighted by atomic mass is 16.4. The summed E-state index contributed by atoms with van der Waals surface area (Å²) in [5.74, 6) is -0.800. The van der Waals surface area contributed by atoms with Gasteiger partial charge in [0.15, 0.2) is 5.96 Å². The fraction of sp³-hybridized carbons (Fsp3) is 0. The molecule has 0 spiro atoms. The van der Waals surface area contributed by atoms with E-state index in [0.29, 0.717) is 11.3 Å². The largest absolute Gasteiger partial charge is 0.411 e. The Morgan fingerprint density at radius 1 is 1.25 bits per heavy atom. The van der Waals surface area contributed by atoms with Gasteiger partial charge in [0.2, 0.25) is 0 Å². The van der Waals surface area contributed by atoms with Crippen molar-refractivity contribution in [1.82, 2.24) is 4.57 Å². The predicted octanol–water partition coefficient (Wildman–Crippen LogP) is 0.699. The van der Waals surface area contributed by atoms with E-state index in [1.807, 2.05) is 0 Å². The summed E-state index contributed by atoms with van der Waals surface area (Å²) in [5, 5.41) is 11.6. The van der Waals surface area contributed by atoms with Crippen LogP contribution in [0.1, 0.15) is 16.1 Å². The molecule has 2 rings (SSSR count). The average molecular weight is 271 g/mol. The van der Waals surface area contributed by atoms with Crippen LogP contribution >= 0.6 is 0 Å². The van der Waals surface area contributed by atoms with Crippen molar-refractivity contribution < 1.29 is 10.0 Å². The van der Waals surface area contributed by atoms with Crippen LogP contribution in [-0.2, 0) is 0 Å². The van der Waals surface area contributed by atoms with Gasteiger partial charge in [-0.3, -0.25) is 4.79 Å². The van der Waals surface area contributed by atoms with Gasteiger partial charge >= 0.3 is 0 Å². The summed E-state index contributed by atoms with van der Waals surface area (Å²) in [6.45, 7) is 0. The van der Waals surface area contributed by atoms with Gasteiger partial charge < -0.3 is 21.2 Å². The van der Waals surface area contributed by atoms with Gasteiger partial charge in [-0.05, 0) is 30.3 Å². The Morgan fingerprint density at radius 3 is 2.75 bits per heavy atom. The van der Waals surface area contributed by atoms with E-state index in [4.69, 9.17) is 16.7 Å². The Labute approximate surface area is 114 Å². The number of carbonyl (C=O) groups is 1. The van der Waals surface area contributed by atoms with Gasteiger partial charge in [-0.15, -0.1) is 0 Å². The average Bonchev–Trinajstić information content (AvgIpc) is 2.87. The molecule has 5 N–H and O–H groups in total. The second-order valence-corrected chi connectivity index (χ2v) is 3.94. The van der Waals surface area contributed by atoms with E-state index in [1.165, 1.54) is 6.21 Å². The van der Waals surface area contributed by atoms with E-state index in [0.717, 1.165) is 5.69 Å². The van der Waals surface area contributed by atoms with Gasteiger partial charge in [0, 0.05) is 17.4 Å². The Kier molecular flexibility index (Phi) is 3.80. The highest BCUT2D eigenvalue weighted by Crippen LogP contribution is 2.14. The molecular formula is C13H13N5O2. The molecule has 1 aromatic carbocycles. The number of benzene rings is 1. The maximum absolute atomic E-state index is 11.8. The number of nitrogens with zero attached hydrogens (tertiary/aromatic N) is 3. The first-order valence-corrected chi connectivity index (χ1v) is 5.71. The molecule has 102 valence electrons. The summed E-state index contributed by atoms with van der Waals surface area (Å²) >= 11 is 0. The number of nitrogens with two attached hydrogens (primary N) is 2. The molecule has 7 nitrogen and oxygen atoms in total. The van der Waals surface area contributed by atoms with Gasteiger partial charge in [0.25, 0.3) is 5.91 Å². The lowest BCUT2D eigenvalue weighted by Crippen LogP contribution is -2.24. The highest BCUT2D eigenvalue weighted by molar-refractivity contribution is 6.02. The van der Waals surface area contributed by atoms with Gasteiger partial charge in [-0.25, -0.2) is 0 Å². The van der Waals surface area contributed by atoms with Crippen molar-refractivity contribution in [2.75, 3.05) is 0 Å². The standard InChI is InChI=1S/C13H13N5O2/c14-13(15)17-12(19)9-3-1-4-10(7-9)18-6-2-5-11(18)8-16-20/h1-8,20H,(H4,14,15,17,19)/b16-8+. The Hall–Kier alpha value is -3.09. The van der Waals surface area contributed by atoms with Crippen LogP contribution in [0.5, 0.6) is 0 Å². The van der Waals surface area contributed by atoms with Crippen molar-refractivity contribution >= 4 is 18.1 Å². The molecule has 0 saturated heterocycles. The van der Waals surface area contributed by atoms with Gasteiger partial charge in [-0.1, -0.05) is 11.2 Å². The summed E-state index contributed by atoms with van der Waals surface area (Å²) in [6, 6.07) is 10.3. The number of guanidine groups is 1. The molecule has 20 heavy (non-hydrogen) atoms. The molecule has 0 unspecified atom stereocenters. The van der Waals surface area contributed by atoms with Gasteiger partial charge in [0.1, 0.15) is 0 Å². The normalized spacial score (nSPS) is 10.6. The van der Waals surface area contributed by atoms with Crippen molar-refractivity contribution in [2.24, 2.45) is 21.6 Å². The SMILES string of the molecule is NC(N)=NC(=O)c1cccc(-n2cccc2/C=N/O)c1. The van der Waals surface area contributed by atoms with Crippen LogP contribution in [0.25, 0.3) is 5.69 Å². The van der Waals surface area contributed by atoms with Gasteiger partial charge in [0.05, 0.1) is 11.9 Å². The molecule has 1 amide bonds. The summed E-state index contributed by atoms with van der Waals surface area (Å²) in [5.41, 5.74) is 12.1. The first-order valence-electron chi connectivity index (χ1n) is 5.71. The molecule has 0 saturated carbocycles. The molecule has 1 heterocycles. The van der Waals surface area contributed by atoms with Crippen LogP contribution in [0.3, 0.4) is 0 Å². The maximum atomic E-state index is 11.8. The number of oxime groups is 1. The molecule has 0 aliphatic carbocycles. The minimum absolute atomic E-state index is 0.283. The lowest BCUT2D eigenvalue weighted by atomic mass is 10.2. The van der Waals surface area contributed by atoms with Crippen molar-refractivity contribution in [1.29, 1.82) is 0 Å². The first kappa shape index (κ1) is 13.3. The zero-order chi connectivity index (χ0) is 14.5. The molecule has 0 radical (unpaired) electrons. The summed E-state index contributed by atoms with van der Waals surface area (Å²) in [4.78, 5) is 15.3. The fourth-order valence-corrected chi connectivity index (χ4v) is 1.76. The second kappa shape index (κ2) is 5.70. The molecular weight excluding hydrogens is 258 g/mol. The van der Waals surface area contributed by atoms with E-state index in [1.54, 1.807) is 47.2 Å². The zero-order valence-corrected chi connectivity index (χ0v) is 10.5. The van der Waals surface area contributed by atoms with Crippen LogP contribution in [0, 0.1) is 0 Å². The molecule has 0 fully saturated rings. The fourth-order valence-electron chi connectivity index (χ4n) is 1.76. The summed E-state index contributed by atoms with van der Waals surface area (Å²) in [7, 11) is 0. The number of hydrogen-bond acceptors (Lipinski definition) is 3. The van der Waals surface area contributed by atoms with Crippen LogP contribution in [-0.4, -0.2) is 27.9 Å². The predicted molar refractivity (Wildman–Crippen MR) is 75.3 cm³/mol. The van der Waals surface area contributed by atoms with Crippen molar-refractivity contribution in [2.45, 2.75) is 0 Å². The lowest BCUT2D eigenvalue weighted by molar-refractivity contribution is 0.100. The van der Waals surface area contributed by atoms with Gasteiger partial charge in [-0.2, -0.15) is 4.99 Å². The van der Waals surface area contributed by atoms with E-state index in [9.17, 15) is 4.79 Å². The topological polar surface area (TPSA) is 119 Å². The monoisotopic (exact) mass is 271 g/mol. The van der Waals surface area contributed by atoms with Crippen molar-refractivity contribution in [3.05, 3.63) is 53.9 Å². The third-order valence-electron chi connectivity index (χ3n) is 2.57. The molecule has 1 aromatic heterocycles. The summed E-state index contributed by atoms with van der Waals surface area (Å²) < 4.78 is 1.76. The Morgan fingerprint density at radius 2 is 2.05 bits per heavy atom. The Balaban J connectivity index is 2.42. The lowest BCUT2D eigenvalue weighted by Gasteiger charge is -2.07. The van der Waals surface area contributed by atoms with Crippen molar-refractivity contribution in [3.8, 4) is 5.69 Å². The van der Waals surface area contributed by atoms with Crippen molar-refractivity contribution in [3.63, 3.8) is 0 Å². The third-order valence-corrected chi connectivity index (χ3v) is 2.57.